The number of rotatable bonds is 65. The molecule has 0 aliphatic heterocycles. The van der Waals surface area contributed by atoms with Crippen molar-refractivity contribution in [1.82, 2.24) is 5.32 Å². The van der Waals surface area contributed by atoms with Gasteiger partial charge >= 0.3 is 7.82 Å². The first-order valence-corrected chi connectivity index (χ1v) is 37.3. The van der Waals surface area contributed by atoms with Gasteiger partial charge in [-0.2, -0.15) is 0 Å². The van der Waals surface area contributed by atoms with E-state index >= 15 is 0 Å². The molecule has 492 valence electrons. The number of carbonyl (C=O) groups excluding carboxylic acids is 1. The third kappa shape index (κ3) is 68.5. The van der Waals surface area contributed by atoms with Crippen molar-refractivity contribution in [2.75, 3.05) is 40.9 Å². The Bertz CT molecular complexity index is 1760. The molecular weight excluding hydrogens is 1070 g/mol. The summed E-state index contributed by atoms with van der Waals surface area (Å²) in [6.45, 7) is 4.70. The number of amides is 1. The molecule has 0 heterocycles. The van der Waals surface area contributed by atoms with Gasteiger partial charge in [0.05, 0.1) is 39.9 Å². The first-order valence-electron chi connectivity index (χ1n) is 35.8. The summed E-state index contributed by atoms with van der Waals surface area (Å²) in [5.74, 6) is -0.194. The Hall–Kier alpha value is -2.84. The number of nitrogens with one attached hydrogen (secondary N) is 1. The molecule has 0 bridgehead atoms. The van der Waals surface area contributed by atoms with Crippen LogP contribution in [0, 0.1) is 0 Å². The fourth-order valence-electron chi connectivity index (χ4n) is 10.2. The molecule has 3 N–H and O–H groups in total. The number of allylic oxidation sites excluding steroid dienone is 17. The minimum atomic E-state index is -4.37. The van der Waals surface area contributed by atoms with Gasteiger partial charge in [-0.05, 0) is 96.3 Å². The van der Waals surface area contributed by atoms with Crippen LogP contribution in [0.5, 0.6) is 0 Å². The molecule has 0 radical (unpaired) electrons. The van der Waals surface area contributed by atoms with Gasteiger partial charge in [-0.25, -0.2) is 4.57 Å². The molecular formula is C76H138N2O6P+. The monoisotopic (exact) mass is 1210 g/mol. The van der Waals surface area contributed by atoms with Crippen LogP contribution in [0.25, 0.3) is 0 Å². The lowest BCUT2D eigenvalue weighted by Gasteiger charge is -2.25. The molecule has 85 heavy (non-hydrogen) atoms. The minimum absolute atomic E-state index is 0.0487. The highest BCUT2D eigenvalue weighted by atomic mass is 31.2. The van der Waals surface area contributed by atoms with E-state index in [1.807, 2.05) is 27.2 Å². The van der Waals surface area contributed by atoms with E-state index in [0.717, 1.165) is 83.5 Å². The highest BCUT2D eigenvalue weighted by Crippen LogP contribution is 2.43. The molecule has 3 atom stereocenters. The van der Waals surface area contributed by atoms with E-state index < -0.39 is 20.0 Å². The van der Waals surface area contributed by atoms with Crippen LogP contribution in [-0.2, 0) is 18.4 Å². The van der Waals surface area contributed by atoms with Crippen LogP contribution in [0.2, 0.25) is 0 Å². The molecule has 0 saturated carbocycles. The van der Waals surface area contributed by atoms with Gasteiger partial charge in [0.1, 0.15) is 13.2 Å². The van der Waals surface area contributed by atoms with Crippen LogP contribution >= 0.6 is 7.82 Å². The summed E-state index contributed by atoms with van der Waals surface area (Å²) in [5, 5.41) is 14.0. The summed E-state index contributed by atoms with van der Waals surface area (Å²) >= 11 is 0. The van der Waals surface area contributed by atoms with E-state index in [0.29, 0.717) is 17.4 Å². The van der Waals surface area contributed by atoms with E-state index in [1.165, 1.54) is 212 Å². The third-order valence-electron chi connectivity index (χ3n) is 15.7. The maximum absolute atomic E-state index is 13.1. The largest absolute Gasteiger partial charge is 0.472 e. The van der Waals surface area contributed by atoms with Crippen LogP contribution in [0.1, 0.15) is 316 Å². The highest BCUT2D eigenvalue weighted by molar-refractivity contribution is 7.47. The van der Waals surface area contributed by atoms with E-state index in [9.17, 15) is 19.4 Å². The Morgan fingerprint density at radius 3 is 1.08 bits per heavy atom. The topological polar surface area (TPSA) is 105 Å². The minimum Gasteiger partial charge on any atom is -0.387 e. The first-order chi connectivity index (χ1) is 41.5. The van der Waals surface area contributed by atoms with Crippen LogP contribution in [-0.4, -0.2) is 73.4 Å². The number of nitrogens with zero attached hydrogens (tertiary/aromatic N) is 1. The van der Waals surface area contributed by atoms with Crippen LogP contribution < -0.4 is 5.32 Å². The predicted molar refractivity (Wildman–Crippen MR) is 373 cm³/mol. The lowest BCUT2D eigenvalue weighted by atomic mass is 10.0. The second-order valence-corrected chi connectivity index (χ2v) is 26.7. The van der Waals surface area contributed by atoms with E-state index in [1.54, 1.807) is 6.08 Å². The van der Waals surface area contributed by atoms with Gasteiger partial charge < -0.3 is 19.8 Å². The first kappa shape index (κ1) is 82.2. The van der Waals surface area contributed by atoms with Crippen LogP contribution in [0.3, 0.4) is 0 Å². The quantitative estimate of drug-likeness (QED) is 0.0243. The fraction of sp³-hybridized carbons (Fsp3) is 0.750. The summed E-state index contributed by atoms with van der Waals surface area (Å²) < 4.78 is 23.8. The Balaban J connectivity index is 4.15. The molecule has 0 rings (SSSR count). The Morgan fingerprint density at radius 2 is 0.718 bits per heavy atom. The van der Waals surface area contributed by atoms with Gasteiger partial charge in [0.2, 0.25) is 5.91 Å². The predicted octanol–water partition coefficient (Wildman–Crippen LogP) is 23.1. The Morgan fingerprint density at radius 1 is 0.412 bits per heavy atom. The second kappa shape index (κ2) is 65.6. The molecule has 1 amide bonds. The molecule has 0 saturated heterocycles. The highest BCUT2D eigenvalue weighted by Gasteiger charge is 2.28. The standard InChI is InChI=1S/C76H137N2O6P/c1-6-8-10-12-14-16-18-20-22-24-26-28-30-32-34-36-38-40-41-43-45-47-49-51-53-55-57-59-61-63-65-67-69-75(79)74(73-84-85(81,82)83-72-71-78(3,4)5)77-76(80)70-68-66-64-62-60-58-56-54-52-50-48-46-44-42-39-37-35-33-31-29-27-25-23-21-19-17-15-13-11-9-7-2/h9,11,15,17,21,23,27,29,33,35,39,42,51,53,59,61,67,69,74-75,79H,6-8,10,12-14,16,18-20,22,24-26,28,30-32,34,36-38,40-41,43-50,52,54-58,60,62-66,68,70-73H2,1-5H3,(H-,77,80,81,82)/p+1/b11-9-,17-15-,23-21-,29-27-,35-33-,42-39-,53-51+,61-59+,69-67+. The van der Waals surface area contributed by atoms with Crippen molar-refractivity contribution in [3.8, 4) is 0 Å². The average Bonchev–Trinajstić information content (AvgIpc) is 3.49. The molecule has 3 unspecified atom stereocenters. The molecule has 0 aromatic carbocycles. The number of unbranched alkanes of at least 4 members (excludes halogenated alkanes) is 36. The number of hydrogen-bond donors (Lipinski definition) is 3. The second-order valence-electron chi connectivity index (χ2n) is 25.2. The molecule has 0 fully saturated rings. The summed E-state index contributed by atoms with van der Waals surface area (Å²) in [6.07, 6.45) is 96.8. The van der Waals surface area contributed by atoms with E-state index in [2.05, 4.69) is 116 Å². The lowest BCUT2D eigenvalue weighted by molar-refractivity contribution is -0.870. The Labute approximate surface area is 527 Å². The number of hydrogen-bond acceptors (Lipinski definition) is 5. The van der Waals surface area contributed by atoms with Crippen molar-refractivity contribution < 1.29 is 32.9 Å². The number of aliphatic hydroxyl groups is 1. The number of phosphoric ester groups is 1. The van der Waals surface area contributed by atoms with Crippen molar-refractivity contribution in [3.05, 3.63) is 109 Å². The maximum Gasteiger partial charge on any atom is 0.472 e. The molecule has 8 nitrogen and oxygen atoms in total. The summed E-state index contributed by atoms with van der Waals surface area (Å²) in [4.78, 5) is 23.4. The lowest BCUT2D eigenvalue weighted by Crippen LogP contribution is -2.45. The zero-order chi connectivity index (χ0) is 61.9. The number of quaternary nitrogens is 1. The molecule has 0 aromatic heterocycles. The van der Waals surface area contributed by atoms with Crippen molar-refractivity contribution in [3.63, 3.8) is 0 Å². The number of aliphatic hydroxyl groups excluding tert-OH is 1. The smallest absolute Gasteiger partial charge is 0.387 e. The van der Waals surface area contributed by atoms with Crippen LogP contribution in [0.15, 0.2) is 109 Å². The number of carbonyl (C=O) groups is 1. The normalized spacial score (nSPS) is 14.3. The molecule has 9 heteroatoms. The number of likely N-dealkylation sites (N-methyl/N-ethyl adjacent to an activating group) is 1. The van der Waals surface area contributed by atoms with Gasteiger partial charge in [0.15, 0.2) is 0 Å². The molecule has 0 aliphatic rings. The van der Waals surface area contributed by atoms with Gasteiger partial charge in [0, 0.05) is 6.42 Å². The zero-order valence-corrected chi connectivity index (χ0v) is 57.2. The average molecular weight is 1210 g/mol. The van der Waals surface area contributed by atoms with Crippen molar-refractivity contribution in [2.24, 2.45) is 0 Å². The molecule has 0 aliphatic carbocycles. The molecule has 0 spiro atoms. The van der Waals surface area contributed by atoms with Crippen LogP contribution in [0.4, 0.5) is 0 Å². The van der Waals surface area contributed by atoms with Gasteiger partial charge in [-0.15, -0.1) is 0 Å². The zero-order valence-electron chi connectivity index (χ0n) is 56.3. The van der Waals surface area contributed by atoms with Gasteiger partial charge in [-0.1, -0.05) is 322 Å². The van der Waals surface area contributed by atoms with Crippen molar-refractivity contribution >= 4 is 13.7 Å². The maximum atomic E-state index is 13.1. The fourth-order valence-corrected chi connectivity index (χ4v) is 10.9. The summed E-state index contributed by atoms with van der Waals surface area (Å²) in [5.41, 5.74) is 0. The summed E-state index contributed by atoms with van der Waals surface area (Å²) in [6, 6.07) is -0.880. The van der Waals surface area contributed by atoms with E-state index in [4.69, 9.17) is 9.05 Å². The number of phosphoric acid groups is 1. The molecule has 0 aromatic rings. The van der Waals surface area contributed by atoms with Gasteiger partial charge in [-0.3, -0.25) is 13.8 Å². The van der Waals surface area contributed by atoms with E-state index in [-0.39, 0.29) is 19.1 Å². The van der Waals surface area contributed by atoms with Crippen molar-refractivity contribution in [2.45, 2.75) is 328 Å². The Kier molecular flexibility index (Phi) is 63.4. The van der Waals surface area contributed by atoms with Crippen molar-refractivity contribution in [1.29, 1.82) is 0 Å². The van der Waals surface area contributed by atoms with Gasteiger partial charge in [0.25, 0.3) is 0 Å². The third-order valence-corrected chi connectivity index (χ3v) is 16.7. The summed E-state index contributed by atoms with van der Waals surface area (Å²) in [7, 11) is 1.54. The SMILES string of the molecule is CC/C=C\C/C=C\C/C=C\C/C=C\C/C=C\C/C=C\CCCCCCCCCCCCCCC(=O)NC(COP(=O)(O)OCC[N+](C)(C)C)C(O)/C=C/CC/C=C/CC/C=C/CCCCCCCCCCCCCCCCCCCCCCCC.